The highest BCUT2D eigenvalue weighted by atomic mass is 35.5. The number of ether oxygens (including phenoxy) is 1. The van der Waals surface area contributed by atoms with Crippen molar-refractivity contribution in [3.05, 3.63) is 64.6 Å². The molecule has 1 aromatic carbocycles. The lowest BCUT2D eigenvalue weighted by molar-refractivity contribution is -0.0503. The molecule has 0 saturated carbocycles. The number of fused-ring (bicyclic) bond motifs is 1. The molecule has 6 heteroatoms. The highest BCUT2D eigenvalue weighted by Crippen LogP contribution is 2.25. The Kier molecular flexibility index (Phi) is 3.98. The predicted molar refractivity (Wildman–Crippen MR) is 80.8 cm³/mol. The number of halogens is 3. The summed E-state index contributed by atoms with van der Waals surface area (Å²) in [5.74, 6) is 0.181. The smallest absolute Gasteiger partial charge is 0.387 e. The zero-order valence-corrected chi connectivity index (χ0v) is 12.5. The number of imidazole rings is 1. The lowest BCUT2D eigenvalue weighted by Crippen LogP contribution is -2.05. The summed E-state index contributed by atoms with van der Waals surface area (Å²) in [6, 6.07) is 10.3. The Hall–Kier alpha value is -2.14. The van der Waals surface area contributed by atoms with E-state index in [1.165, 1.54) is 6.07 Å². The van der Waals surface area contributed by atoms with Crippen LogP contribution in [0.2, 0.25) is 5.02 Å². The second-order valence-corrected chi connectivity index (χ2v) is 5.32. The van der Waals surface area contributed by atoms with Crippen LogP contribution in [0.1, 0.15) is 17.0 Å². The highest BCUT2D eigenvalue weighted by molar-refractivity contribution is 6.30. The maximum Gasteiger partial charge on any atom is 0.387 e. The van der Waals surface area contributed by atoms with Gasteiger partial charge in [-0.25, -0.2) is 4.98 Å². The van der Waals surface area contributed by atoms with E-state index in [-0.39, 0.29) is 5.75 Å². The summed E-state index contributed by atoms with van der Waals surface area (Å²) in [4.78, 5) is 4.45. The normalized spacial score (nSPS) is 11.3. The van der Waals surface area contributed by atoms with Gasteiger partial charge >= 0.3 is 6.61 Å². The molecule has 2 heterocycles. The van der Waals surface area contributed by atoms with Crippen LogP contribution in [0, 0.1) is 6.92 Å². The van der Waals surface area contributed by atoms with Gasteiger partial charge in [-0.3, -0.25) is 0 Å². The van der Waals surface area contributed by atoms with Gasteiger partial charge < -0.3 is 9.14 Å². The molecular formula is C16H13ClF2N2O. The van der Waals surface area contributed by atoms with Gasteiger partial charge in [-0.05, 0) is 19.1 Å². The molecular weight excluding hydrogens is 310 g/mol. The quantitative estimate of drug-likeness (QED) is 0.707. The summed E-state index contributed by atoms with van der Waals surface area (Å²) in [6.45, 7) is -0.962. The van der Waals surface area contributed by atoms with Crippen LogP contribution in [0.15, 0.2) is 42.6 Å². The average Bonchev–Trinajstić information content (AvgIpc) is 2.75. The molecule has 3 aromatic rings. The Labute approximate surface area is 131 Å². The van der Waals surface area contributed by atoms with Crippen molar-refractivity contribution in [3.8, 4) is 5.75 Å². The van der Waals surface area contributed by atoms with Crippen LogP contribution in [0.25, 0.3) is 5.65 Å². The zero-order chi connectivity index (χ0) is 15.7. The number of para-hydroxylation sites is 1. The van der Waals surface area contributed by atoms with E-state index in [9.17, 15) is 8.78 Å². The molecule has 22 heavy (non-hydrogen) atoms. The van der Waals surface area contributed by atoms with Crippen LogP contribution in [-0.2, 0) is 6.42 Å². The molecule has 0 bridgehead atoms. The third kappa shape index (κ3) is 2.90. The Morgan fingerprint density at radius 1 is 1.27 bits per heavy atom. The van der Waals surface area contributed by atoms with Crippen LogP contribution in [0.3, 0.4) is 0 Å². The minimum absolute atomic E-state index is 0.181. The molecule has 0 N–H and O–H groups in total. The topological polar surface area (TPSA) is 26.5 Å². The van der Waals surface area contributed by atoms with Crippen LogP contribution in [0.4, 0.5) is 8.78 Å². The number of pyridine rings is 1. The van der Waals surface area contributed by atoms with Crippen molar-refractivity contribution in [1.29, 1.82) is 0 Å². The second-order valence-electron chi connectivity index (χ2n) is 4.88. The fourth-order valence-corrected chi connectivity index (χ4v) is 2.60. The molecule has 3 rings (SSSR count). The van der Waals surface area contributed by atoms with Gasteiger partial charge in [0.25, 0.3) is 0 Å². The first-order chi connectivity index (χ1) is 10.5. The van der Waals surface area contributed by atoms with Gasteiger partial charge in [0.1, 0.15) is 11.4 Å². The van der Waals surface area contributed by atoms with Crippen molar-refractivity contribution < 1.29 is 13.5 Å². The maximum absolute atomic E-state index is 12.5. The van der Waals surface area contributed by atoms with Crippen LogP contribution < -0.4 is 4.74 Å². The van der Waals surface area contributed by atoms with E-state index in [4.69, 9.17) is 11.6 Å². The van der Waals surface area contributed by atoms with Gasteiger partial charge in [-0.15, -0.1) is 0 Å². The number of rotatable bonds is 4. The highest BCUT2D eigenvalue weighted by Gasteiger charge is 2.14. The first-order valence-corrected chi connectivity index (χ1v) is 7.08. The summed E-state index contributed by atoms with van der Waals surface area (Å²) in [6.07, 6.45) is 2.26. The molecule has 0 aliphatic rings. The van der Waals surface area contributed by atoms with Gasteiger partial charge in [-0.2, -0.15) is 8.78 Å². The van der Waals surface area contributed by atoms with E-state index >= 15 is 0 Å². The van der Waals surface area contributed by atoms with Crippen molar-refractivity contribution >= 4 is 17.2 Å². The number of aryl methyl sites for hydroxylation is 1. The standard InChI is InChI=1S/C16H13ClF2N2O/c1-10-13(21-7-6-12(17)9-15(21)20-10)8-11-4-2-3-5-14(11)22-16(18)19/h2-7,9,16H,8H2,1H3. The molecule has 0 aliphatic carbocycles. The summed E-state index contributed by atoms with van der Waals surface area (Å²) in [7, 11) is 0. The molecule has 0 fully saturated rings. The molecule has 2 aromatic heterocycles. The third-order valence-electron chi connectivity index (χ3n) is 3.43. The van der Waals surface area contributed by atoms with Gasteiger partial charge in [-0.1, -0.05) is 29.8 Å². The van der Waals surface area contributed by atoms with Crippen LogP contribution in [-0.4, -0.2) is 16.0 Å². The lowest BCUT2D eigenvalue weighted by Gasteiger charge is -2.11. The van der Waals surface area contributed by atoms with Crippen LogP contribution in [0.5, 0.6) is 5.75 Å². The fraction of sp³-hybridized carbons (Fsp3) is 0.188. The second kappa shape index (κ2) is 5.93. The molecule has 0 aliphatic heterocycles. The van der Waals surface area contributed by atoms with Crippen molar-refractivity contribution in [2.45, 2.75) is 20.0 Å². The van der Waals surface area contributed by atoms with E-state index in [2.05, 4.69) is 9.72 Å². The van der Waals surface area contributed by atoms with E-state index in [0.717, 1.165) is 17.0 Å². The third-order valence-corrected chi connectivity index (χ3v) is 3.67. The van der Waals surface area contributed by atoms with Crippen molar-refractivity contribution in [3.63, 3.8) is 0 Å². The summed E-state index contributed by atoms with van der Waals surface area (Å²) in [5, 5.41) is 0.602. The monoisotopic (exact) mass is 322 g/mol. The predicted octanol–water partition coefficient (Wildman–Crippen LogP) is 4.49. The SMILES string of the molecule is Cc1nc2cc(Cl)ccn2c1Cc1ccccc1OC(F)F. The lowest BCUT2D eigenvalue weighted by atomic mass is 10.1. The Morgan fingerprint density at radius 3 is 2.82 bits per heavy atom. The van der Waals surface area contributed by atoms with Crippen molar-refractivity contribution in [2.24, 2.45) is 0 Å². The van der Waals surface area contributed by atoms with E-state index in [1.807, 2.05) is 17.5 Å². The molecule has 0 amide bonds. The molecule has 0 unspecified atom stereocenters. The van der Waals surface area contributed by atoms with Crippen molar-refractivity contribution in [1.82, 2.24) is 9.38 Å². The molecule has 0 saturated heterocycles. The molecule has 0 radical (unpaired) electrons. The Morgan fingerprint density at radius 2 is 2.05 bits per heavy atom. The molecule has 3 nitrogen and oxygen atoms in total. The number of nitrogens with zero attached hydrogens (tertiary/aromatic N) is 2. The largest absolute Gasteiger partial charge is 0.435 e. The zero-order valence-electron chi connectivity index (χ0n) is 11.8. The molecule has 0 atom stereocenters. The minimum Gasteiger partial charge on any atom is -0.435 e. The van der Waals surface area contributed by atoms with Crippen LogP contribution >= 0.6 is 11.6 Å². The number of hydrogen-bond donors (Lipinski definition) is 0. The summed E-state index contributed by atoms with van der Waals surface area (Å²) < 4.78 is 31.5. The molecule has 0 spiro atoms. The maximum atomic E-state index is 12.5. The average molecular weight is 323 g/mol. The first-order valence-electron chi connectivity index (χ1n) is 6.70. The first kappa shape index (κ1) is 14.8. The van der Waals surface area contributed by atoms with E-state index < -0.39 is 6.61 Å². The van der Waals surface area contributed by atoms with E-state index in [1.54, 1.807) is 30.3 Å². The Bertz CT molecular complexity index is 817. The number of aromatic nitrogens is 2. The van der Waals surface area contributed by atoms with Gasteiger partial charge in [0, 0.05) is 35.0 Å². The van der Waals surface area contributed by atoms with Gasteiger partial charge in [0.15, 0.2) is 0 Å². The van der Waals surface area contributed by atoms with Gasteiger partial charge in [0.2, 0.25) is 0 Å². The van der Waals surface area contributed by atoms with Crippen molar-refractivity contribution in [2.75, 3.05) is 0 Å². The Balaban J connectivity index is 2.02. The minimum atomic E-state index is -2.84. The number of alkyl halides is 2. The fourth-order valence-electron chi connectivity index (χ4n) is 2.44. The van der Waals surface area contributed by atoms with Gasteiger partial charge in [0.05, 0.1) is 5.69 Å². The van der Waals surface area contributed by atoms with E-state index in [0.29, 0.717) is 17.0 Å². The number of benzene rings is 1. The number of hydrogen-bond acceptors (Lipinski definition) is 2. The molecule has 114 valence electrons. The summed E-state index contributed by atoms with van der Waals surface area (Å²) in [5.41, 5.74) is 3.15. The summed E-state index contributed by atoms with van der Waals surface area (Å²) >= 11 is 5.97.